The average molecular weight is 527 g/mol. The Balaban J connectivity index is 1.29. The molecule has 4 rings (SSSR count). The van der Waals surface area contributed by atoms with E-state index in [1.807, 2.05) is 32.9 Å². The second kappa shape index (κ2) is 12.6. The molecule has 0 radical (unpaired) electrons. The third kappa shape index (κ3) is 7.01. The van der Waals surface area contributed by atoms with Gasteiger partial charge in [-0.1, -0.05) is 12.1 Å². The van der Waals surface area contributed by atoms with Crippen LogP contribution in [0.25, 0.3) is 11.1 Å². The third-order valence-electron chi connectivity index (χ3n) is 7.40. The summed E-state index contributed by atoms with van der Waals surface area (Å²) in [6, 6.07) is 7.88. The summed E-state index contributed by atoms with van der Waals surface area (Å²) in [5, 5.41) is 0. The van der Waals surface area contributed by atoms with Crippen LogP contribution in [-0.4, -0.2) is 71.2 Å². The molecule has 0 spiro atoms. The molecule has 38 heavy (non-hydrogen) atoms. The van der Waals surface area contributed by atoms with Crippen LogP contribution in [0.3, 0.4) is 0 Å². The van der Waals surface area contributed by atoms with E-state index in [-0.39, 0.29) is 36.4 Å². The lowest BCUT2D eigenvalue weighted by atomic mass is 9.92. The zero-order valence-corrected chi connectivity index (χ0v) is 22.6. The molecule has 2 saturated heterocycles. The Morgan fingerprint density at radius 2 is 1.71 bits per heavy atom. The first kappa shape index (κ1) is 27.8. The third-order valence-corrected chi connectivity index (χ3v) is 7.40. The summed E-state index contributed by atoms with van der Waals surface area (Å²) in [6.07, 6.45) is 5.07. The van der Waals surface area contributed by atoms with Crippen molar-refractivity contribution in [1.82, 2.24) is 14.8 Å². The highest BCUT2D eigenvalue weighted by atomic mass is 19.1. The molecule has 2 aliphatic heterocycles. The fraction of sp³-hybridized carbons (Fsp3) is 0.552. The molecule has 2 amide bonds. The lowest BCUT2D eigenvalue weighted by molar-refractivity contribution is -0.131. The molecular formula is C29H39FN4O4. The van der Waals surface area contributed by atoms with Gasteiger partial charge in [0.2, 0.25) is 11.8 Å². The van der Waals surface area contributed by atoms with E-state index < -0.39 is 6.04 Å². The number of benzene rings is 1. The van der Waals surface area contributed by atoms with Gasteiger partial charge in [0.15, 0.2) is 0 Å². The Morgan fingerprint density at radius 1 is 1.03 bits per heavy atom. The summed E-state index contributed by atoms with van der Waals surface area (Å²) in [5.41, 5.74) is 7.98. The van der Waals surface area contributed by atoms with Crippen molar-refractivity contribution in [2.24, 2.45) is 11.7 Å². The quantitative estimate of drug-likeness (QED) is 0.547. The van der Waals surface area contributed by atoms with Gasteiger partial charge in [0.1, 0.15) is 11.9 Å². The van der Waals surface area contributed by atoms with E-state index in [0.29, 0.717) is 36.0 Å². The molecule has 0 aliphatic carbocycles. The van der Waals surface area contributed by atoms with Crippen LogP contribution in [0.5, 0.6) is 5.88 Å². The molecule has 2 aliphatic rings. The van der Waals surface area contributed by atoms with Crippen molar-refractivity contribution < 1.29 is 23.5 Å². The summed E-state index contributed by atoms with van der Waals surface area (Å²) < 4.78 is 26.3. The second-order valence-corrected chi connectivity index (χ2v) is 10.6. The molecule has 1 unspecified atom stereocenters. The fourth-order valence-electron chi connectivity index (χ4n) is 5.12. The molecule has 2 atom stereocenters. The van der Waals surface area contributed by atoms with Gasteiger partial charge in [0.25, 0.3) is 0 Å². The zero-order chi connectivity index (χ0) is 27.2. The number of hydrogen-bond acceptors (Lipinski definition) is 6. The van der Waals surface area contributed by atoms with Crippen LogP contribution in [-0.2, 0) is 16.0 Å². The Kier molecular flexibility index (Phi) is 9.20. The predicted octanol–water partition coefficient (Wildman–Crippen LogP) is 4.40. The van der Waals surface area contributed by atoms with Gasteiger partial charge in [-0.05, 0) is 82.1 Å². The number of nitrogens with zero attached hydrogens (tertiary/aromatic N) is 3. The van der Waals surface area contributed by atoms with Crippen molar-refractivity contribution in [2.75, 3.05) is 26.2 Å². The monoisotopic (exact) mass is 526 g/mol. The summed E-state index contributed by atoms with van der Waals surface area (Å²) >= 11 is 0. The predicted molar refractivity (Wildman–Crippen MR) is 143 cm³/mol. The number of piperidine rings is 1. The Morgan fingerprint density at radius 3 is 2.32 bits per heavy atom. The van der Waals surface area contributed by atoms with Gasteiger partial charge < -0.3 is 25.0 Å². The number of carbonyl (C=O) groups excluding carboxylic acids is 2. The summed E-state index contributed by atoms with van der Waals surface area (Å²) in [4.78, 5) is 32.5. The number of likely N-dealkylation sites (tertiary alicyclic amines) is 2. The van der Waals surface area contributed by atoms with Crippen molar-refractivity contribution in [1.29, 1.82) is 0 Å². The number of pyridine rings is 1. The van der Waals surface area contributed by atoms with Gasteiger partial charge in [0, 0.05) is 44.0 Å². The van der Waals surface area contributed by atoms with Gasteiger partial charge in [-0.2, -0.15) is 0 Å². The molecule has 9 heteroatoms. The highest BCUT2D eigenvalue weighted by molar-refractivity contribution is 5.82. The van der Waals surface area contributed by atoms with Crippen molar-refractivity contribution in [2.45, 2.75) is 71.1 Å². The Labute approximate surface area is 224 Å². The molecule has 2 N–H and O–H groups in total. The maximum atomic E-state index is 14.9. The normalized spacial score (nSPS) is 17.9. The largest absolute Gasteiger partial charge is 0.474 e. The molecule has 3 heterocycles. The van der Waals surface area contributed by atoms with Gasteiger partial charge >= 0.3 is 6.09 Å². The van der Waals surface area contributed by atoms with E-state index in [1.54, 1.807) is 28.1 Å². The van der Waals surface area contributed by atoms with Crippen LogP contribution in [0.15, 0.2) is 36.5 Å². The summed E-state index contributed by atoms with van der Waals surface area (Å²) in [7, 11) is 0. The van der Waals surface area contributed by atoms with Crippen LogP contribution in [0, 0.1) is 11.7 Å². The number of halogens is 1. The van der Waals surface area contributed by atoms with Crippen LogP contribution in [0.4, 0.5) is 9.18 Å². The molecule has 2 aromatic rings. The van der Waals surface area contributed by atoms with Crippen LogP contribution in [0.2, 0.25) is 0 Å². The van der Waals surface area contributed by atoms with Crippen LogP contribution >= 0.6 is 0 Å². The molecule has 2 fully saturated rings. The lowest BCUT2D eigenvalue weighted by Gasteiger charge is -2.34. The number of rotatable bonds is 8. The first-order valence-corrected chi connectivity index (χ1v) is 13.6. The van der Waals surface area contributed by atoms with E-state index in [2.05, 4.69) is 4.98 Å². The van der Waals surface area contributed by atoms with Gasteiger partial charge in [-0.25, -0.2) is 14.2 Å². The van der Waals surface area contributed by atoms with Crippen molar-refractivity contribution in [3.8, 4) is 17.0 Å². The Bertz CT molecular complexity index is 1100. The zero-order valence-electron chi connectivity index (χ0n) is 22.6. The van der Waals surface area contributed by atoms with E-state index in [4.69, 9.17) is 15.2 Å². The molecule has 206 valence electrons. The maximum absolute atomic E-state index is 14.9. The minimum atomic E-state index is -0.741. The highest BCUT2D eigenvalue weighted by Crippen LogP contribution is 2.27. The Hall–Kier alpha value is -3.20. The molecule has 1 aromatic carbocycles. The topological polar surface area (TPSA) is 98.0 Å². The van der Waals surface area contributed by atoms with E-state index in [9.17, 15) is 14.0 Å². The van der Waals surface area contributed by atoms with Crippen LogP contribution < -0.4 is 10.5 Å². The van der Waals surface area contributed by atoms with Crippen molar-refractivity contribution in [3.05, 3.63) is 47.9 Å². The van der Waals surface area contributed by atoms with E-state index in [0.717, 1.165) is 44.3 Å². The van der Waals surface area contributed by atoms with Crippen molar-refractivity contribution >= 4 is 12.0 Å². The number of nitrogens with two attached hydrogens (primary N) is 1. The molecule has 1 aromatic heterocycles. The number of hydrogen-bond donors (Lipinski definition) is 1. The molecule has 0 bridgehead atoms. The highest BCUT2D eigenvalue weighted by Gasteiger charge is 2.29. The number of amides is 2. The first-order chi connectivity index (χ1) is 18.2. The molecule has 0 saturated carbocycles. The first-order valence-electron chi connectivity index (χ1n) is 13.6. The average Bonchev–Trinajstić information content (AvgIpc) is 3.44. The molecule has 8 nitrogen and oxygen atoms in total. The molecular weight excluding hydrogens is 487 g/mol. The number of ether oxygens (including phenoxy) is 2. The number of aromatic nitrogens is 1. The van der Waals surface area contributed by atoms with E-state index >= 15 is 0 Å². The van der Waals surface area contributed by atoms with Gasteiger partial charge in [0.05, 0.1) is 12.1 Å². The van der Waals surface area contributed by atoms with E-state index in [1.165, 1.54) is 6.07 Å². The number of carbonyl (C=O) groups is 2. The van der Waals surface area contributed by atoms with Gasteiger partial charge in [-0.3, -0.25) is 4.79 Å². The van der Waals surface area contributed by atoms with Crippen molar-refractivity contribution in [3.63, 3.8) is 0 Å². The summed E-state index contributed by atoms with van der Waals surface area (Å²) in [6.45, 7) is 8.47. The maximum Gasteiger partial charge on any atom is 0.410 e. The minimum absolute atomic E-state index is 0.0548. The second-order valence-electron chi connectivity index (χ2n) is 10.6. The fourth-order valence-corrected chi connectivity index (χ4v) is 5.12. The smallest absolute Gasteiger partial charge is 0.410 e. The minimum Gasteiger partial charge on any atom is -0.474 e. The van der Waals surface area contributed by atoms with Gasteiger partial charge in [-0.15, -0.1) is 0 Å². The SMILES string of the molecule is CC(C)OC(=O)N1CCC([C@H](C)Oc2ccc(-c3ccc(CC(N)C(=O)N4CCCC4)c(F)c3)cn2)CC1. The standard InChI is InChI=1S/C29H39FN4O4/c1-19(2)37-29(36)34-14-10-21(11-15-34)20(3)38-27-9-8-24(18-32-27)22-6-7-23(25(30)16-22)17-26(31)28(35)33-12-4-5-13-33/h6-9,16,18-21,26H,4-5,10-15,17,31H2,1-3H3/t20-,26?/m0/s1. The lowest BCUT2D eigenvalue weighted by Crippen LogP contribution is -2.43. The van der Waals surface area contributed by atoms with Crippen LogP contribution in [0.1, 0.15) is 52.0 Å². The summed E-state index contributed by atoms with van der Waals surface area (Å²) in [5.74, 6) is 0.320.